The van der Waals surface area contributed by atoms with Gasteiger partial charge in [-0.1, -0.05) is 20.8 Å². The summed E-state index contributed by atoms with van der Waals surface area (Å²) in [4.78, 5) is 26.2. The number of hydrogen-bond donors (Lipinski definition) is 2. The number of nitrogens with one attached hydrogen (secondary N) is 2. The van der Waals surface area contributed by atoms with Crippen LogP contribution in [0.4, 0.5) is 0 Å². The highest BCUT2D eigenvalue weighted by atomic mass is 32.2. The largest absolute Gasteiger partial charge is 0.279 e. The van der Waals surface area contributed by atoms with Crippen LogP contribution < -0.4 is 10.9 Å². The molecule has 1 saturated heterocycles. The van der Waals surface area contributed by atoms with E-state index in [-0.39, 0.29) is 41.1 Å². The summed E-state index contributed by atoms with van der Waals surface area (Å²) in [5, 5.41) is 0. The molecule has 0 radical (unpaired) electrons. The van der Waals surface area contributed by atoms with Gasteiger partial charge in [-0.05, 0) is 54.6 Å². The smallest absolute Gasteiger partial charge is 0.273 e. The molecule has 150 valence electrons. The van der Waals surface area contributed by atoms with Gasteiger partial charge >= 0.3 is 0 Å². The third-order valence-electron chi connectivity index (χ3n) is 5.65. The lowest BCUT2D eigenvalue weighted by molar-refractivity contribution is -0.122. The fourth-order valence-electron chi connectivity index (χ4n) is 3.91. The standard InChI is InChI=1S/C19H28N2O4S2/c1-19(2,3)14-4-5-15-13(9-14)10-16(26-15)18(23)21-20-17(22)8-12-6-7-27(24,25)11-12/h10,12,14H,4-9,11H2,1-3H3,(H,20,22)(H,21,23). The quantitative estimate of drug-likeness (QED) is 0.746. The number of carbonyl (C=O) groups is 2. The Morgan fingerprint density at radius 2 is 1.96 bits per heavy atom. The number of rotatable bonds is 3. The topological polar surface area (TPSA) is 92.3 Å². The van der Waals surface area contributed by atoms with Gasteiger partial charge < -0.3 is 0 Å². The van der Waals surface area contributed by atoms with Crippen LogP contribution in [0.1, 0.15) is 60.1 Å². The van der Waals surface area contributed by atoms with Crippen LogP contribution in [0, 0.1) is 17.3 Å². The van der Waals surface area contributed by atoms with Gasteiger partial charge in [0, 0.05) is 11.3 Å². The van der Waals surface area contributed by atoms with Crippen molar-refractivity contribution in [3.8, 4) is 0 Å². The van der Waals surface area contributed by atoms with Crippen molar-refractivity contribution in [2.24, 2.45) is 17.3 Å². The van der Waals surface area contributed by atoms with E-state index in [4.69, 9.17) is 0 Å². The molecule has 8 heteroatoms. The van der Waals surface area contributed by atoms with Gasteiger partial charge in [0.25, 0.3) is 5.91 Å². The van der Waals surface area contributed by atoms with Crippen LogP contribution in [0.5, 0.6) is 0 Å². The zero-order valence-corrected chi connectivity index (χ0v) is 17.8. The Hall–Kier alpha value is -1.41. The zero-order valence-electron chi connectivity index (χ0n) is 16.1. The monoisotopic (exact) mass is 412 g/mol. The minimum Gasteiger partial charge on any atom is -0.273 e. The first-order valence-corrected chi connectivity index (χ1v) is 12.1. The number of carbonyl (C=O) groups excluding carboxylic acids is 2. The molecular weight excluding hydrogens is 384 g/mol. The van der Waals surface area contributed by atoms with Crippen LogP contribution in [-0.4, -0.2) is 31.7 Å². The lowest BCUT2D eigenvalue weighted by atomic mass is 9.72. The number of sulfone groups is 1. The number of hydrazine groups is 1. The predicted molar refractivity (Wildman–Crippen MR) is 106 cm³/mol. The fraction of sp³-hybridized carbons (Fsp3) is 0.684. The lowest BCUT2D eigenvalue weighted by Crippen LogP contribution is -2.42. The van der Waals surface area contributed by atoms with Crippen LogP contribution in [0.15, 0.2) is 6.07 Å². The Balaban J connectivity index is 1.52. The molecule has 2 amide bonds. The summed E-state index contributed by atoms with van der Waals surface area (Å²) in [5.41, 5.74) is 6.39. The van der Waals surface area contributed by atoms with Gasteiger partial charge in [0.05, 0.1) is 16.4 Å². The van der Waals surface area contributed by atoms with Crippen molar-refractivity contribution in [2.75, 3.05) is 11.5 Å². The first kappa shape index (κ1) is 20.3. The molecule has 0 aromatic carbocycles. The van der Waals surface area contributed by atoms with Crippen molar-refractivity contribution in [1.29, 1.82) is 0 Å². The summed E-state index contributed by atoms with van der Waals surface area (Å²) < 4.78 is 22.9. The minimum absolute atomic E-state index is 0.0565. The summed E-state index contributed by atoms with van der Waals surface area (Å²) in [7, 11) is -3.00. The van der Waals surface area contributed by atoms with Gasteiger partial charge in [0.1, 0.15) is 0 Å². The molecule has 2 aliphatic rings. The van der Waals surface area contributed by atoms with E-state index < -0.39 is 9.84 Å². The van der Waals surface area contributed by atoms with Crippen LogP contribution in [0.3, 0.4) is 0 Å². The maximum Gasteiger partial charge on any atom is 0.279 e. The maximum atomic E-state index is 12.4. The Labute approximate surface area is 165 Å². The molecule has 0 saturated carbocycles. The summed E-state index contributed by atoms with van der Waals surface area (Å²) in [6.45, 7) is 6.77. The molecule has 3 rings (SSSR count). The molecule has 1 aromatic rings. The molecule has 1 fully saturated rings. The molecule has 0 bridgehead atoms. The summed E-state index contributed by atoms with van der Waals surface area (Å²) in [6.07, 6.45) is 3.76. The zero-order chi connectivity index (χ0) is 19.8. The van der Waals surface area contributed by atoms with Crippen molar-refractivity contribution in [1.82, 2.24) is 10.9 Å². The Bertz CT molecular complexity index is 836. The maximum absolute atomic E-state index is 12.4. The van der Waals surface area contributed by atoms with Crippen LogP contribution in [-0.2, 0) is 27.5 Å². The van der Waals surface area contributed by atoms with Crippen LogP contribution in [0.25, 0.3) is 0 Å². The number of thiophene rings is 1. The second-order valence-electron chi connectivity index (χ2n) is 8.84. The number of amides is 2. The second kappa shape index (κ2) is 7.54. The van der Waals surface area contributed by atoms with E-state index in [1.54, 1.807) is 0 Å². The van der Waals surface area contributed by atoms with Gasteiger partial charge in [-0.2, -0.15) is 0 Å². The van der Waals surface area contributed by atoms with Gasteiger partial charge in [0.15, 0.2) is 9.84 Å². The van der Waals surface area contributed by atoms with E-state index in [2.05, 4.69) is 31.6 Å². The Morgan fingerprint density at radius 3 is 2.59 bits per heavy atom. The first-order valence-electron chi connectivity index (χ1n) is 9.45. The third kappa shape index (κ3) is 5.10. The van der Waals surface area contributed by atoms with E-state index in [0.717, 1.165) is 19.3 Å². The van der Waals surface area contributed by atoms with Gasteiger partial charge in [-0.25, -0.2) is 8.42 Å². The summed E-state index contributed by atoms with van der Waals surface area (Å²) in [5.74, 6) is -0.00367. The third-order valence-corrected chi connectivity index (χ3v) is 8.72. The molecule has 2 heterocycles. The van der Waals surface area contributed by atoms with E-state index >= 15 is 0 Å². The first-order chi connectivity index (χ1) is 12.5. The van der Waals surface area contributed by atoms with Crippen molar-refractivity contribution in [2.45, 2.75) is 52.9 Å². The highest BCUT2D eigenvalue weighted by Gasteiger charge is 2.31. The van der Waals surface area contributed by atoms with Crippen LogP contribution >= 0.6 is 11.3 Å². The summed E-state index contributed by atoms with van der Waals surface area (Å²) >= 11 is 1.50. The Kier molecular flexibility index (Phi) is 5.68. The van der Waals surface area contributed by atoms with Crippen molar-refractivity contribution >= 4 is 33.0 Å². The lowest BCUT2D eigenvalue weighted by Gasteiger charge is -2.33. The normalized spacial score (nSPS) is 24.3. The van der Waals surface area contributed by atoms with Crippen molar-refractivity contribution < 1.29 is 18.0 Å². The highest BCUT2D eigenvalue weighted by Crippen LogP contribution is 2.40. The van der Waals surface area contributed by atoms with Crippen molar-refractivity contribution in [3.05, 3.63) is 21.4 Å². The highest BCUT2D eigenvalue weighted by molar-refractivity contribution is 7.91. The van der Waals surface area contributed by atoms with Gasteiger partial charge in [-0.15, -0.1) is 11.3 Å². The molecule has 2 atom stereocenters. The van der Waals surface area contributed by atoms with E-state index in [0.29, 0.717) is 17.2 Å². The minimum atomic E-state index is -3.00. The fourth-order valence-corrected chi connectivity index (χ4v) is 6.87. The average Bonchev–Trinajstić information content (AvgIpc) is 3.13. The SMILES string of the molecule is CC(C)(C)C1CCc2sc(C(=O)NNC(=O)CC3CCS(=O)(=O)C3)cc2C1. The van der Waals surface area contributed by atoms with E-state index in [9.17, 15) is 18.0 Å². The summed E-state index contributed by atoms with van der Waals surface area (Å²) in [6, 6.07) is 1.95. The Morgan fingerprint density at radius 1 is 1.22 bits per heavy atom. The van der Waals surface area contributed by atoms with Gasteiger partial charge in [0.2, 0.25) is 5.91 Å². The molecule has 6 nitrogen and oxygen atoms in total. The molecule has 1 aromatic heterocycles. The molecule has 2 N–H and O–H groups in total. The molecule has 0 spiro atoms. The van der Waals surface area contributed by atoms with E-state index in [1.165, 1.54) is 21.8 Å². The van der Waals surface area contributed by atoms with E-state index in [1.807, 2.05) is 6.07 Å². The number of hydrogen-bond acceptors (Lipinski definition) is 5. The predicted octanol–water partition coefficient (Wildman–Crippen LogP) is 2.48. The molecule has 27 heavy (non-hydrogen) atoms. The molecule has 2 unspecified atom stereocenters. The average molecular weight is 413 g/mol. The van der Waals surface area contributed by atoms with Gasteiger partial charge in [-0.3, -0.25) is 20.4 Å². The second-order valence-corrected chi connectivity index (χ2v) is 12.2. The molecule has 1 aliphatic heterocycles. The van der Waals surface area contributed by atoms with Crippen molar-refractivity contribution in [3.63, 3.8) is 0 Å². The van der Waals surface area contributed by atoms with Crippen LogP contribution in [0.2, 0.25) is 0 Å². The molecule has 1 aliphatic carbocycles. The number of fused-ring (bicyclic) bond motifs is 1. The number of aryl methyl sites for hydroxylation is 1. The molecular formula is C19H28N2O4S2.